The molecule has 1 aliphatic heterocycles. The average molecular weight is 257 g/mol. The quantitative estimate of drug-likeness (QED) is 0.797. The fourth-order valence-corrected chi connectivity index (χ4v) is 1.92. The van der Waals surface area contributed by atoms with E-state index in [2.05, 4.69) is 15.4 Å². The normalized spacial score (nSPS) is 19.6. The highest BCUT2D eigenvalue weighted by Gasteiger charge is 2.24. The zero-order valence-corrected chi connectivity index (χ0v) is 11.4. The van der Waals surface area contributed by atoms with Gasteiger partial charge in [0.05, 0.1) is 7.11 Å². The Kier molecular flexibility index (Phi) is 5.74. The van der Waals surface area contributed by atoms with Crippen LogP contribution in [0.5, 0.6) is 0 Å². The molecule has 1 fully saturated rings. The Morgan fingerprint density at radius 3 is 2.78 bits per heavy atom. The second-order valence-electron chi connectivity index (χ2n) is 5.00. The monoisotopic (exact) mass is 257 g/mol. The van der Waals surface area contributed by atoms with Crippen LogP contribution < -0.4 is 10.6 Å². The Morgan fingerprint density at radius 1 is 1.44 bits per heavy atom. The summed E-state index contributed by atoms with van der Waals surface area (Å²) in [6, 6.07) is -0.162. The van der Waals surface area contributed by atoms with Gasteiger partial charge in [-0.1, -0.05) is 13.8 Å². The molecule has 1 unspecified atom stereocenters. The first kappa shape index (κ1) is 14.6. The van der Waals surface area contributed by atoms with Gasteiger partial charge in [-0.05, 0) is 18.8 Å². The number of nitrogens with one attached hydrogen (secondary N) is 2. The minimum absolute atomic E-state index is 0.00464. The van der Waals surface area contributed by atoms with Gasteiger partial charge in [0.25, 0.3) is 0 Å². The van der Waals surface area contributed by atoms with Crippen LogP contribution >= 0.6 is 0 Å². The third kappa shape index (κ3) is 4.81. The molecule has 0 aromatic carbocycles. The van der Waals surface area contributed by atoms with Crippen LogP contribution in [0.4, 0.5) is 9.59 Å². The first-order valence-electron chi connectivity index (χ1n) is 6.40. The summed E-state index contributed by atoms with van der Waals surface area (Å²) in [5.74, 6) is 0.425. The predicted octanol–water partition coefficient (Wildman–Crippen LogP) is 1.17. The molecule has 3 amide bonds. The van der Waals surface area contributed by atoms with Crippen molar-refractivity contribution >= 4 is 12.1 Å². The van der Waals surface area contributed by atoms with Crippen molar-refractivity contribution in [3.63, 3.8) is 0 Å². The summed E-state index contributed by atoms with van der Waals surface area (Å²) in [5, 5.41) is 5.69. The average Bonchev–Trinajstić information content (AvgIpc) is 2.35. The number of hydrogen-bond acceptors (Lipinski definition) is 3. The maximum atomic E-state index is 11.6. The molecule has 104 valence electrons. The third-order valence-electron chi connectivity index (χ3n) is 2.86. The summed E-state index contributed by atoms with van der Waals surface area (Å²) in [4.78, 5) is 24.6. The molecule has 0 spiro atoms. The zero-order valence-electron chi connectivity index (χ0n) is 11.4. The largest absolute Gasteiger partial charge is 0.453 e. The minimum atomic E-state index is -0.330. The molecule has 2 N–H and O–H groups in total. The topological polar surface area (TPSA) is 70.7 Å². The van der Waals surface area contributed by atoms with Crippen LogP contribution in [0.3, 0.4) is 0 Å². The molecule has 0 aliphatic carbocycles. The predicted molar refractivity (Wildman–Crippen MR) is 68.4 cm³/mol. The van der Waals surface area contributed by atoms with Crippen molar-refractivity contribution in [1.82, 2.24) is 15.5 Å². The van der Waals surface area contributed by atoms with Gasteiger partial charge in [0.1, 0.15) is 0 Å². The minimum Gasteiger partial charge on any atom is -0.453 e. The summed E-state index contributed by atoms with van der Waals surface area (Å²) in [6.07, 6.45) is 1.44. The number of carbonyl (C=O) groups is 2. The second-order valence-corrected chi connectivity index (χ2v) is 5.00. The number of nitrogens with zero attached hydrogens (tertiary/aromatic N) is 1. The van der Waals surface area contributed by atoms with Crippen molar-refractivity contribution in [2.45, 2.75) is 32.7 Å². The molecular formula is C12H23N3O3. The maximum absolute atomic E-state index is 11.6. The van der Waals surface area contributed by atoms with Crippen molar-refractivity contribution in [3.05, 3.63) is 0 Å². The second kappa shape index (κ2) is 7.08. The molecule has 0 radical (unpaired) electrons. The smallest absolute Gasteiger partial charge is 0.409 e. The molecule has 0 aromatic rings. The molecule has 1 atom stereocenters. The number of likely N-dealkylation sites (tertiary alicyclic amines) is 1. The summed E-state index contributed by atoms with van der Waals surface area (Å²) < 4.78 is 4.68. The Balaban J connectivity index is 2.33. The SMILES string of the molecule is COC(=O)N1CCCC(NC(=O)NCC(C)C)C1. The van der Waals surface area contributed by atoms with E-state index in [1.807, 2.05) is 13.8 Å². The van der Waals surface area contributed by atoms with E-state index in [1.165, 1.54) is 7.11 Å². The van der Waals surface area contributed by atoms with Gasteiger partial charge in [-0.25, -0.2) is 9.59 Å². The molecule has 1 saturated heterocycles. The Bertz CT molecular complexity index is 294. The van der Waals surface area contributed by atoms with E-state index in [0.717, 1.165) is 12.8 Å². The van der Waals surface area contributed by atoms with E-state index >= 15 is 0 Å². The number of piperidine rings is 1. The molecule has 1 rings (SSSR count). The number of rotatable bonds is 3. The third-order valence-corrected chi connectivity index (χ3v) is 2.86. The summed E-state index contributed by atoms with van der Waals surface area (Å²) in [6.45, 7) is 5.94. The van der Waals surface area contributed by atoms with Gasteiger partial charge in [0.15, 0.2) is 0 Å². The molecule has 1 heterocycles. The van der Waals surface area contributed by atoms with Gasteiger partial charge in [-0.2, -0.15) is 0 Å². The van der Waals surface area contributed by atoms with E-state index < -0.39 is 0 Å². The van der Waals surface area contributed by atoms with Crippen molar-refractivity contribution in [1.29, 1.82) is 0 Å². The van der Waals surface area contributed by atoms with Crippen LogP contribution in [-0.2, 0) is 4.74 Å². The van der Waals surface area contributed by atoms with Gasteiger partial charge >= 0.3 is 12.1 Å². The summed E-state index contributed by atoms with van der Waals surface area (Å²) >= 11 is 0. The fraction of sp³-hybridized carbons (Fsp3) is 0.833. The Morgan fingerprint density at radius 2 is 2.17 bits per heavy atom. The van der Waals surface area contributed by atoms with Gasteiger partial charge in [-0.15, -0.1) is 0 Å². The summed E-state index contributed by atoms with van der Waals surface area (Å²) in [7, 11) is 1.37. The van der Waals surface area contributed by atoms with Crippen LogP contribution in [-0.4, -0.2) is 49.8 Å². The van der Waals surface area contributed by atoms with Crippen molar-refractivity contribution in [2.75, 3.05) is 26.7 Å². The molecule has 1 aliphatic rings. The lowest BCUT2D eigenvalue weighted by molar-refractivity contribution is 0.108. The molecule has 18 heavy (non-hydrogen) atoms. The molecule has 0 saturated carbocycles. The number of amides is 3. The summed E-state index contributed by atoms with van der Waals surface area (Å²) in [5.41, 5.74) is 0. The Hall–Kier alpha value is -1.46. The van der Waals surface area contributed by atoms with Crippen LogP contribution in [0.2, 0.25) is 0 Å². The van der Waals surface area contributed by atoms with Crippen molar-refractivity contribution in [3.8, 4) is 0 Å². The number of urea groups is 1. The van der Waals surface area contributed by atoms with E-state index in [-0.39, 0.29) is 18.2 Å². The van der Waals surface area contributed by atoms with Gasteiger partial charge in [0, 0.05) is 25.7 Å². The number of ether oxygens (including phenoxy) is 1. The zero-order chi connectivity index (χ0) is 13.5. The van der Waals surface area contributed by atoms with E-state index in [9.17, 15) is 9.59 Å². The molecule has 6 heteroatoms. The van der Waals surface area contributed by atoms with Crippen LogP contribution in [0, 0.1) is 5.92 Å². The van der Waals surface area contributed by atoms with Gasteiger partial charge in [0.2, 0.25) is 0 Å². The van der Waals surface area contributed by atoms with Crippen LogP contribution in [0.1, 0.15) is 26.7 Å². The van der Waals surface area contributed by atoms with Crippen molar-refractivity contribution in [2.24, 2.45) is 5.92 Å². The van der Waals surface area contributed by atoms with Crippen molar-refractivity contribution < 1.29 is 14.3 Å². The van der Waals surface area contributed by atoms with Gasteiger partial charge < -0.3 is 20.3 Å². The molecule has 6 nitrogen and oxygen atoms in total. The van der Waals surface area contributed by atoms with E-state index in [0.29, 0.717) is 25.6 Å². The maximum Gasteiger partial charge on any atom is 0.409 e. The standard InChI is InChI=1S/C12H23N3O3/c1-9(2)7-13-11(16)14-10-5-4-6-15(8-10)12(17)18-3/h9-10H,4-8H2,1-3H3,(H2,13,14,16). The van der Waals surface area contributed by atoms with Gasteiger partial charge in [-0.3, -0.25) is 0 Å². The lowest BCUT2D eigenvalue weighted by Gasteiger charge is -2.32. The van der Waals surface area contributed by atoms with Crippen LogP contribution in [0.25, 0.3) is 0 Å². The highest BCUT2D eigenvalue weighted by Crippen LogP contribution is 2.10. The molecule has 0 bridgehead atoms. The number of carbonyl (C=O) groups excluding carboxylic acids is 2. The highest BCUT2D eigenvalue weighted by atomic mass is 16.5. The Labute approximate surface area is 108 Å². The van der Waals surface area contributed by atoms with E-state index in [4.69, 9.17) is 0 Å². The number of hydrogen-bond donors (Lipinski definition) is 2. The lowest BCUT2D eigenvalue weighted by Crippen LogP contribution is -2.52. The number of methoxy groups -OCH3 is 1. The molecular weight excluding hydrogens is 234 g/mol. The fourth-order valence-electron chi connectivity index (χ4n) is 1.92. The van der Waals surface area contributed by atoms with Crippen LogP contribution in [0.15, 0.2) is 0 Å². The first-order valence-corrected chi connectivity index (χ1v) is 6.40. The lowest BCUT2D eigenvalue weighted by atomic mass is 10.1. The first-order chi connectivity index (χ1) is 8.52. The van der Waals surface area contributed by atoms with E-state index in [1.54, 1.807) is 4.90 Å². The highest BCUT2D eigenvalue weighted by molar-refractivity contribution is 5.74. The molecule has 0 aromatic heterocycles.